The van der Waals surface area contributed by atoms with Gasteiger partial charge >= 0.3 is 86.1 Å². The fourth-order valence-corrected chi connectivity index (χ4v) is 2.82. The van der Waals surface area contributed by atoms with E-state index in [2.05, 4.69) is 6.58 Å². The van der Waals surface area contributed by atoms with Crippen molar-refractivity contribution in [3.63, 3.8) is 0 Å². The molecule has 18 heavy (non-hydrogen) atoms. The van der Waals surface area contributed by atoms with E-state index >= 15 is 0 Å². The SMILES string of the molecule is C=CCCCCCC[Si](Cl)(Cl)Cl.[K+].[O]=[Mn](=[O])(=[O])[O-]. The van der Waals surface area contributed by atoms with Gasteiger partial charge in [-0.2, -0.15) is 0 Å². The van der Waals surface area contributed by atoms with Gasteiger partial charge in [-0.05, 0) is 18.9 Å². The zero-order chi connectivity index (χ0) is 13.9. The quantitative estimate of drug-likeness (QED) is 0.264. The molecule has 0 fully saturated rings. The third kappa shape index (κ3) is 42.9. The molecule has 4 nitrogen and oxygen atoms in total. The van der Waals surface area contributed by atoms with Crippen LogP contribution in [0.3, 0.4) is 0 Å². The van der Waals surface area contributed by atoms with Crippen LogP contribution in [0.1, 0.15) is 32.1 Å². The van der Waals surface area contributed by atoms with Crippen LogP contribution in [0, 0.1) is 0 Å². The Balaban J connectivity index is -0.000000321. The Bertz CT molecular complexity index is 336. The van der Waals surface area contributed by atoms with Crippen LogP contribution in [0.15, 0.2) is 12.7 Å². The van der Waals surface area contributed by atoms with Crippen LogP contribution in [0.5, 0.6) is 0 Å². The van der Waals surface area contributed by atoms with Gasteiger partial charge in [0.2, 0.25) is 0 Å². The molecule has 0 radical (unpaired) electrons. The monoisotopic (exact) mass is 402 g/mol. The zero-order valence-corrected chi connectivity index (χ0v) is 17.7. The van der Waals surface area contributed by atoms with E-state index < -0.39 is 19.0 Å². The first-order valence-electron chi connectivity index (χ1n) is 4.85. The molecule has 104 valence electrons. The Morgan fingerprint density at radius 3 is 1.78 bits per heavy atom. The molecule has 0 unspecified atom stereocenters. The van der Waals surface area contributed by atoms with Gasteiger partial charge in [-0.1, -0.05) is 25.3 Å². The molecular formula is C8H15Cl3KMnO4Si. The van der Waals surface area contributed by atoms with Crippen LogP contribution in [0.25, 0.3) is 0 Å². The van der Waals surface area contributed by atoms with E-state index in [1.165, 1.54) is 19.3 Å². The minimum atomic E-state index is -5.62. The number of hydrogen-bond acceptors (Lipinski definition) is 4. The fourth-order valence-electron chi connectivity index (χ4n) is 0.968. The van der Waals surface area contributed by atoms with Crippen LogP contribution in [0.2, 0.25) is 6.04 Å². The van der Waals surface area contributed by atoms with Gasteiger partial charge in [-0.3, -0.25) is 0 Å². The predicted molar refractivity (Wildman–Crippen MR) is 63.5 cm³/mol. The number of unbranched alkanes of at least 4 members (excludes halogenated alkanes) is 4. The molecule has 0 aromatic heterocycles. The first-order chi connectivity index (χ1) is 7.56. The molecule has 0 heterocycles. The van der Waals surface area contributed by atoms with Crippen molar-refractivity contribution in [1.82, 2.24) is 0 Å². The van der Waals surface area contributed by atoms with Crippen LogP contribution in [-0.2, 0) is 24.5 Å². The van der Waals surface area contributed by atoms with Crippen molar-refractivity contribution >= 4 is 39.2 Å². The fraction of sp³-hybridized carbons (Fsp3) is 0.750. The van der Waals surface area contributed by atoms with E-state index in [1.807, 2.05) is 6.08 Å². The average Bonchev–Trinajstić information content (AvgIpc) is 2.06. The standard InChI is InChI=1S/C8H15Cl3Si.K.Mn.4O/c1-2-3-4-5-6-7-8-12(9,10)11;;;;;;/h2H,1,3-8H2;;;;;;/q;+1;;;;;-1. The van der Waals surface area contributed by atoms with Crippen molar-refractivity contribution in [2.45, 2.75) is 38.1 Å². The van der Waals surface area contributed by atoms with Gasteiger partial charge in [0.25, 0.3) is 0 Å². The van der Waals surface area contributed by atoms with Crippen molar-refractivity contribution in [3.8, 4) is 0 Å². The van der Waals surface area contributed by atoms with Crippen molar-refractivity contribution in [2.24, 2.45) is 0 Å². The molecule has 0 bridgehead atoms. The van der Waals surface area contributed by atoms with Crippen LogP contribution < -0.4 is 55.6 Å². The van der Waals surface area contributed by atoms with E-state index in [0.717, 1.165) is 18.9 Å². The molecule has 0 saturated carbocycles. The molecule has 0 aliphatic heterocycles. The van der Waals surface area contributed by atoms with E-state index in [-0.39, 0.29) is 51.4 Å². The molecule has 0 aromatic carbocycles. The summed E-state index contributed by atoms with van der Waals surface area (Å²) in [4.78, 5) is 0. The van der Waals surface area contributed by atoms with Gasteiger partial charge in [0.15, 0.2) is 0 Å². The van der Waals surface area contributed by atoms with Crippen molar-refractivity contribution in [3.05, 3.63) is 12.7 Å². The Hall–Kier alpha value is 2.34. The number of rotatable bonds is 7. The molecule has 0 amide bonds. The minimum absolute atomic E-state index is 0. The van der Waals surface area contributed by atoms with E-state index in [9.17, 15) is 0 Å². The first kappa shape index (κ1) is 25.3. The summed E-state index contributed by atoms with van der Waals surface area (Å²) in [5.41, 5.74) is 0. The Morgan fingerprint density at radius 1 is 1.06 bits per heavy atom. The van der Waals surface area contributed by atoms with Gasteiger partial charge < -0.3 is 0 Å². The van der Waals surface area contributed by atoms with E-state index in [0.29, 0.717) is 0 Å². The molecule has 0 aliphatic rings. The molecule has 0 N–H and O–H groups in total. The van der Waals surface area contributed by atoms with Crippen molar-refractivity contribution in [2.75, 3.05) is 0 Å². The first-order valence-corrected chi connectivity index (χ1v) is 12.0. The normalized spacial score (nSPS) is 10.9. The molecule has 0 saturated heterocycles. The number of hydrogen-bond donors (Lipinski definition) is 0. The maximum atomic E-state index is 8.58. The van der Waals surface area contributed by atoms with Crippen molar-refractivity contribution in [1.29, 1.82) is 0 Å². The summed E-state index contributed by atoms with van der Waals surface area (Å²) in [5, 5.41) is 0. The predicted octanol–water partition coefficient (Wildman–Crippen LogP) is 0.234. The van der Waals surface area contributed by atoms with Crippen LogP contribution >= 0.6 is 33.2 Å². The molecule has 0 rings (SSSR count). The molecular weight excluding hydrogens is 389 g/mol. The summed E-state index contributed by atoms with van der Waals surface area (Å²) in [6.45, 7) is 3.66. The van der Waals surface area contributed by atoms with Gasteiger partial charge in [-0.25, -0.2) is 0 Å². The summed E-state index contributed by atoms with van der Waals surface area (Å²) in [7, 11) is 0. The van der Waals surface area contributed by atoms with Crippen LogP contribution in [0.4, 0.5) is 0 Å². The summed E-state index contributed by atoms with van der Waals surface area (Å²) < 4.78 is 34.3. The van der Waals surface area contributed by atoms with Gasteiger partial charge in [0.1, 0.15) is 0 Å². The second kappa shape index (κ2) is 14.3. The second-order valence-corrected chi connectivity index (χ2v) is 13.7. The molecule has 0 spiro atoms. The number of halogens is 3. The second-order valence-electron chi connectivity index (χ2n) is 3.23. The van der Waals surface area contributed by atoms with Gasteiger partial charge in [0.05, 0.1) is 0 Å². The molecule has 0 atom stereocenters. The third-order valence-corrected chi connectivity index (χ3v) is 4.24. The summed E-state index contributed by atoms with van der Waals surface area (Å²) in [6, 6.07) is -1.53. The van der Waals surface area contributed by atoms with Gasteiger partial charge in [0, 0.05) is 0 Å². The summed E-state index contributed by atoms with van der Waals surface area (Å²) in [6.07, 6.45) is 7.72. The zero-order valence-electron chi connectivity index (χ0n) is 10.2. The Kier molecular flexibility index (Phi) is 20.1. The average molecular weight is 404 g/mol. The van der Waals surface area contributed by atoms with E-state index in [4.69, 9.17) is 48.9 Å². The molecule has 10 heteroatoms. The molecule has 0 aromatic rings. The van der Waals surface area contributed by atoms with Crippen molar-refractivity contribution < 1.29 is 80.0 Å². The maximum absolute atomic E-state index is 8.58. The van der Waals surface area contributed by atoms with Crippen LogP contribution in [-0.4, -0.2) is 6.00 Å². The topological polar surface area (TPSA) is 74.3 Å². The third-order valence-electron chi connectivity index (χ3n) is 1.62. The van der Waals surface area contributed by atoms with Gasteiger partial charge in [-0.15, -0.1) is 39.8 Å². The number of allylic oxidation sites excluding steroid dienone is 1. The summed E-state index contributed by atoms with van der Waals surface area (Å²) in [5.74, 6) is 0. The molecule has 0 aliphatic carbocycles. The Labute approximate surface area is 167 Å². The van der Waals surface area contributed by atoms with E-state index in [1.54, 1.807) is 0 Å². The Morgan fingerprint density at radius 2 is 1.44 bits per heavy atom. The summed E-state index contributed by atoms with van der Waals surface area (Å²) >= 11 is 11.6.